The molecule has 0 bridgehead atoms. The standard InChI is InChI=1S/C20H26NO6P/c1-2-19(21-20(22)23)13-14-25-28(24,26-15-17-9-5-3-6-10-17)27-16-18-11-7-4-8-12-18/h3-12,19,21H,2,13-16H2,1H3,(H,22,23). The number of hydrogen-bond donors (Lipinski definition) is 2. The zero-order valence-corrected chi connectivity index (χ0v) is 16.7. The van der Waals surface area contributed by atoms with Gasteiger partial charge in [0, 0.05) is 6.04 Å². The van der Waals surface area contributed by atoms with Crippen LogP contribution in [0, 0.1) is 0 Å². The van der Waals surface area contributed by atoms with Crippen molar-refractivity contribution in [3.63, 3.8) is 0 Å². The maximum Gasteiger partial charge on any atom is 0.475 e. The second-order valence-corrected chi connectivity index (χ2v) is 7.81. The minimum Gasteiger partial charge on any atom is -0.465 e. The van der Waals surface area contributed by atoms with Gasteiger partial charge in [-0.1, -0.05) is 67.6 Å². The minimum atomic E-state index is -3.83. The lowest BCUT2D eigenvalue weighted by Crippen LogP contribution is -2.33. The molecule has 0 spiro atoms. The predicted octanol–water partition coefficient (Wildman–Crippen LogP) is 4.98. The molecular formula is C20H26NO6P. The molecule has 0 aliphatic heterocycles. The highest BCUT2D eigenvalue weighted by molar-refractivity contribution is 7.48. The van der Waals surface area contributed by atoms with Crippen LogP contribution in [-0.4, -0.2) is 23.8 Å². The average molecular weight is 407 g/mol. The molecule has 2 aromatic rings. The Balaban J connectivity index is 1.95. The van der Waals surface area contributed by atoms with Crippen molar-refractivity contribution in [2.75, 3.05) is 6.61 Å². The smallest absolute Gasteiger partial charge is 0.465 e. The summed E-state index contributed by atoms with van der Waals surface area (Å²) in [5, 5.41) is 11.2. The van der Waals surface area contributed by atoms with Crippen LogP contribution in [-0.2, 0) is 31.4 Å². The van der Waals surface area contributed by atoms with Gasteiger partial charge in [0.05, 0.1) is 19.8 Å². The number of rotatable bonds is 12. The number of hydrogen-bond acceptors (Lipinski definition) is 5. The van der Waals surface area contributed by atoms with Gasteiger partial charge in [-0.3, -0.25) is 13.6 Å². The van der Waals surface area contributed by atoms with Crippen molar-refractivity contribution in [1.29, 1.82) is 0 Å². The van der Waals surface area contributed by atoms with E-state index in [0.717, 1.165) is 11.1 Å². The van der Waals surface area contributed by atoms with Gasteiger partial charge in [-0.2, -0.15) is 0 Å². The molecule has 7 nitrogen and oxygen atoms in total. The van der Waals surface area contributed by atoms with E-state index < -0.39 is 13.9 Å². The first-order valence-corrected chi connectivity index (χ1v) is 10.6. The quantitative estimate of drug-likeness (QED) is 0.482. The summed E-state index contributed by atoms with van der Waals surface area (Å²) < 4.78 is 29.5. The number of nitrogens with one attached hydrogen (secondary N) is 1. The molecule has 0 aliphatic rings. The fourth-order valence-electron chi connectivity index (χ4n) is 2.43. The van der Waals surface area contributed by atoms with Gasteiger partial charge in [-0.15, -0.1) is 0 Å². The van der Waals surface area contributed by atoms with Crippen LogP contribution in [0.25, 0.3) is 0 Å². The van der Waals surface area contributed by atoms with E-state index in [1.165, 1.54) is 0 Å². The van der Waals surface area contributed by atoms with Crippen LogP contribution in [0.4, 0.5) is 4.79 Å². The highest BCUT2D eigenvalue weighted by Crippen LogP contribution is 2.51. The highest BCUT2D eigenvalue weighted by Gasteiger charge is 2.27. The topological polar surface area (TPSA) is 94.1 Å². The van der Waals surface area contributed by atoms with E-state index in [1.54, 1.807) is 0 Å². The maximum atomic E-state index is 13.0. The molecule has 1 unspecified atom stereocenters. The Labute approximate surface area is 165 Å². The van der Waals surface area contributed by atoms with E-state index in [1.807, 2.05) is 67.6 Å². The van der Waals surface area contributed by atoms with Crippen LogP contribution in [0.2, 0.25) is 0 Å². The van der Waals surface area contributed by atoms with Gasteiger partial charge < -0.3 is 10.4 Å². The summed E-state index contributed by atoms with van der Waals surface area (Å²) in [6, 6.07) is 18.3. The van der Waals surface area contributed by atoms with Crippen molar-refractivity contribution in [3.05, 3.63) is 71.8 Å². The number of phosphoric ester groups is 1. The van der Waals surface area contributed by atoms with Gasteiger partial charge in [0.15, 0.2) is 0 Å². The Morgan fingerprint density at radius 2 is 1.46 bits per heavy atom. The summed E-state index contributed by atoms with van der Waals surface area (Å²) in [5.74, 6) is 0. The van der Waals surface area contributed by atoms with Gasteiger partial charge in [-0.25, -0.2) is 9.36 Å². The summed E-state index contributed by atoms with van der Waals surface area (Å²) >= 11 is 0. The number of amides is 1. The van der Waals surface area contributed by atoms with E-state index in [-0.39, 0.29) is 25.9 Å². The van der Waals surface area contributed by atoms with Gasteiger partial charge in [0.1, 0.15) is 0 Å². The van der Waals surface area contributed by atoms with E-state index in [9.17, 15) is 9.36 Å². The maximum absolute atomic E-state index is 13.0. The van der Waals surface area contributed by atoms with Crippen molar-refractivity contribution in [1.82, 2.24) is 5.32 Å². The largest absolute Gasteiger partial charge is 0.475 e. The zero-order valence-electron chi connectivity index (χ0n) is 15.8. The zero-order chi connectivity index (χ0) is 20.2. The summed E-state index contributed by atoms with van der Waals surface area (Å²) in [7, 11) is -3.83. The highest BCUT2D eigenvalue weighted by atomic mass is 31.2. The SMILES string of the molecule is CCC(CCOP(=O)(OCc1ccccc1)OCc1ccccc1)NC(=O)O. The Bertz CT molecular complexity index is 708. The minimum absolute atomic E-state index is 0.0413. The average Bonchev–Trinajstić information content (AvgIpc) is 2.71. The molecule has 0 fully saturated rings. The van der Waals surface area contributed by atoms with Crippen molar-refractivity contribution in [2.24, 2.45) is 0 Å². The number of carbonyl (C=O) groups is 1. The fourth-order valence-corrected chi connectivity index (χ4v) is 3.59. The molecule has 28 heavy (non-hydrogen) atoms. The van der Waals surface area contributed by atoms with Crippen molar-refractivity contribution in [2.45, 2.75) is 39.0 Å². The van der Waals surface area contributed by atoms with Crippen LogP contribution in [0.1, 0.15) is 30.9 Å². The number of phosphoric acid groups is 1. The van der Waals surface area contributed by atoms with E-state index >= 15 is 0 Å². The van der Waals surface area contributed by atoms with Crippen LogP contribution >= 0.6 is 7.82 Å². The van der Waals surface area contributed by atoms with Crippen molar-refractivity contribution >= 4 is 13.9 Å². The molecular weight excluding hydrogens is 381 g/mol. The normalized spacial score (nSPS) is 12.5. The lowest BCUT2D eigenvalue weighted by molar-refractivity contribution is 0.0994. The molecule has 0 aromatic heterocycles. The van der Waals surface area contributed by atoms with Gasteiger partial charge in [0.25, 0.3) is 0 Å². The van der Waals surface area contributed by atoms with Crippen molar-refractivity contribution in [3.8, 4) is 0 Å². The third-order valence-corrected chi connectivity index (χ3v) is 5.39. The number of carboxylic acid groups (broad SMARTS) is 1. The molecule has 0 saturated carbocycles. The summed E-state index contributed by atoms with van der Waals surface area (Å²) in [4.78, 5) is 10.8. The lowest BCUT2D eigenvalue weighted by Gasteiger charge is -2.20. The second kappa shape index (κ2) is 11.6. The van der Waals surface area contributed by atoms with E-state index in [0.29, 0.717) is 12.8 Å². The molecule has 1 amide bonds. The van der Waals surface area contributed by atoms with Gasteiger partial charge in [0.2, 0.25) is 0 Å². The molecule has 2 N–H and O–H groups in total. The third kappa shape index (κ3) is 8.23. The number of benzene rings is 2. The Hall–Kier alpha value is -2.18. The molecule has 0 aliphatic carbocycles. The monoisotopic (exact) mass is 407 g/mol. The van der Waals surface area contributed by atoms with Gasteiger partial charge >= 0.3 is 13.9 Å². The first-order valence-electron chi connectivity index (χ1n) is 9.11. The molecule has 1 atom stereocenters. The molecule has 0 radical (unpaired) electrons. The second-order valence-electron chi connectivity index (χ2n) is 6.14. The van der Waals surface area contributed by atoms with E-state index in [2.05, 4.69) is 5.32 Å². The lowest BCUT2D eigenvalue weighted by atomic mass is 10.2. The molecule has 0 saturated heterocycles. The summed E-state index contributed by atoms with van der Waals surface area (Å²) in [6.07, 6.45) is -0.151. The third-order valence-electron chi connectivity index (χ3n) is 4.00. The van der Waals surface area contributed by atoms with Crippen LogP contribution < -0.4 is 5.32 Å². The molecule has 8 heteroatoms. The molecule has 152 valence electrons. The Kier molecular flexibility index (Phi) is 9.17. The van der Waals surface area contributed by atoms with Crippen LogP contribution in [0.3, 0.4) is 0 Å². The first kappa shape index (κ1) is 22.1. The summed E-state index contributed by atoms with van der Waals surface area (Å²) in [5.41, 5.74) is 1.68. The van der Waals surface area contributed by atoms with Crippen molar-refractivity contribution < 1.29 is 28.0 Å². The first-order chi connectivity index (χ1) is 13.5. The summed E-state index contributed by atoms with van der Waals surface area (Å²) in [6.45, 7) is 2.06. The predicted molar refractivity (Wildman–Crippen MR) is 106 cm³/mol. The Morgan fingerprint density at radius 1 is 0.964 bits per heavy atom. The molecule has 2 aromatic carbocycles. The van der Waals surface area contributed by atoms with Crippen LogP contribution in [0.5, 0.6) is 0 Å². The molecule has 2 rings (SSSR count). The fraction of sp³-hybridized carbons (Fsp3) is 0.350. The van der Waals surface area contributed by atoms with E-state index in [4.69, 9.17) is 18.7 Å². The van der Waals surface area contributed by atoms with Crippen LogP contribution in [0.15, 0.2) is 60.7 Å². The Morgan fingerprint density at radius 3 is 1.89 bits per heavy atom. The van der Waals surface area contributed by atoms with Gasteiger partial charge in [-0.05, 0) is 24.0 Å². The molecule has 0 heterocycles.